The standard InChI is InChI=1S/C21H21BrN4O2/c1-14-2-4-15(5-3-14)10-11-23-21(27)20-18-13-28-19(12-26(18)25-24-20)16-6-8-17(22)9-7-16/h2-9,19H,10-13H2,1H3,(H,23,27)/t19-/m0/s1. The summed E-state index contributed by atoms with van der Waals surface area (Å²) in [6.07, 6.45) is 0.678. The van der Waals surface area contributed by atoms with Crippen molar-refractivity contribution in [3.63, 3.8) is 0 Å². The zero-order chi connectivity index (χ0) is 19.5. The lowest BCUT2D eigenvalue weighted by Gasteiger charge is -2.24. The van der Waals surface area contributed by atoms with Crippen molar-refractivity contribution in [2.75, 3.05) is 6.54 Å². The van der Waals surface area contributed by atoms with Gasteiger partial charge in [0.25, 0.3) is 5.91 Å². The molecule has 1 aromatic heterocycles. The second-order valence-corrected chi connectivity index (χ2v) is 7.83. The van der Waals surface area contributed by atoms with Gasteiger partial charge in [-0.3, -0.25) is 4.79 Å². The molecule has 1 amide bonds. The Kier molecular flexibility index (Phi) is 5.54. The lowest BCUT2D eigenvalue weighted by atomic mass is 10.1. The number of ether oxygens (including phenoxy) is 1. The van der Waals surface area contributed by atoms with E-state index in [1.54, 1.807) is 4.68 Å². The van der Waals surface area contributed by atoms with Crippen LogP contribution in [0.15, 0.2) is 53.0 Å². The van der Waals surface area contributed by atoms with Crippen LogP contribution in [0.4, 0.5) is 0 Å². The molecule has 6 nitrogen and oxygen atoms in total. The number of hydrogen-bond donors (Lipinski definition) is 1. The van der Waals surface area contributed by atoms with E-state index < -0.39 is 0 Å². The first-order valence-corrected chi connectivity index (χ1v) is 10.0. The molecule has 0 fully saturated rings. The Morgan fingerprint density at radius 2 is 1.96 bits per heavy atom. The first kappa shape index (κ1) is 18.8. The highest BCUT2D eigenvalue weighted by Gasteiger charge is 2.27. The van der Waals surface area contributed by atoms with Crippen molar-refractivity contribution in [3.05, 3.63) is 81.1 Å². The summed E-state index contributed by atoms with van der Waals surface area (Å²) in [6, 6.07) is 16.3. The highest BCUT2D eigenvalue weighted by Crippen LogP contribution is 2.27. The number of carbonyl (C=O) groups is 1. The molecule has 0 unspecified atom stereocenters. The zero-order valence-electron chi connectivity index (χ0n) is 15.6. The molecule has 1 N–H and O–H groups in total. The second-order valence-electron chi connectivity index (χ2n) is 6.91. The molecule has 0 saturated heterocycles. The molecule has 0 bridgehead atoms. The number of nitrogens with zero attached hydrogens (tertiary/aromatic N) is 3. The number of hydrogen-bond acceptors (Lipinski definition) is 4. The summed E-state index contributed by atoms with van der Waals surface area (Å²) in [5.41, 5.74) is 4.56. The smallest absolute Gasteiger partial charge is 0.273 e. The topological polar surface area (TPSA) is 69.0 Å². The van der Waals surface area contributed by atoms with Crippen LogP contribution in [0.2, 0.25) is 0 Å². The maximum absolute atomic E-state index is 12.5. The number of nitrogens with one attached hydrogen (secondary N) is 1. The highest BCUT2D eigenvalue weighted by molar-refractivity contribution is 9.10. The van der Waals surface area contributed by atoms with E-state index in [1.165, 1.54) is 11.1 Å². The Hall–Kier alpha value is -2.51. The number of rotatable bonds is 5. The number of halogens is 1. The largest absolute Gasteiger partial charge is 0.365 e. The van der Waals surface area contributed by atoms with Crippen LogP contribution in [0, 0.1) is 6.92 Å². The molecule has 1 atom stereocenters. The molecule has 28 heavy (non-hydrogen) atoms. The molecule has 2 heterocycles. The summed E-state index contributed by atoms with van der Waals surface area (Å²) in [6.45, 7) is 3.47. The van der Waals surface area contributed by atoms with Crippen molar-refractivity contribution in [2.45, 2.75) is 32.6 Å². The molecule has 1 aliphatic rings. The van der Waals surface area contributed by atoms with Crippen LogP contribution in [0.1, 0.15) is 39.0 Å². The van der Waals surface area contributed by atoms with Gasteiger partial charge in [0.05, 0.1) is 18.8 Å². The van der Waals surface area contributed by atoms with Gasteiger partial charge in [0.15, 0.2) is 5.69 Å². The number of amides is 1. The van der Waals surface area contributed by atoms with Crippen molar-refractivity contribution in [1.29, 1.82) is 0 Å². The Morgan fingerprint density at radius 1 is 1.21 bits per heavy atom. The normalized spacial score (nSPS) is 15.9. The molecule has 0 aliphatic carbocycles. The van der Waals surface area contributed by atoms with Gasteiger partial charge in [-0.05, 0) is 36.6 Å². The van der Waals surface area contributed by atoms with E-state index in [-0.39, 0.29) is 12.0 Å². The maximum atomic E-state index is 12.5. The molecule has 144 valence electrons. The molecular weight excluding hydrogens is 420 g/mol. The molecule has 2 aromatic carbocycles. The third-order valence-corrected chi connectivity index (χ3v) is 5.40. The van der Waals surface area contributed by atoms with Gasteiger partial charge in [-0.2, -0.15) is 0 Å². The number of benzene rings is 2. The van der Waals surface area contributed by atoms with Crippen molar-refractivity contribution in [3.8, 4) is 0 Å². The lowest BCUT2D eigenvalue weighted by Crippen LogP contribution is -2.29. The van der Waals surface area contributed by atoms with Crippen LogP contribution in [0.3, 0.4) is 0 Å². The molecule has 3 aromatic rings. The van der Waals surface area contributed by atoms with E-state index in [4.69, 9.17) is 4.74 Å². The summed E-state index contributed by atoms with van der Waals surface area (Å²) in [5, 5.41) is 11.2. The summed E-state index contributed by atoms with van der Waals surface area (Å²) >= 11 is 3.44. The molecule has 0 radical (unpaired) electrons. The molecule has 0 spiro atoms. The molecule has 1 aliphatic heterocycles. The van der Waals surface area contributed by atoms with Crippen LogP contribution in [-0.2, 0) is 24.3 Å². The second kappa shape index (κ2) is 8.24. The van der Waals surface area contributed by atoms with Crippen LogP contribution < -0.4 is 5.32 Å². The number of aromatic nitrogens is 3. The molecule has 7 heteroatoms. The summed E-state index contributed by atoms with van der Waals surface area (Å²) in [7, 11) is 0. The highest BCUT2D eigenvalue weighted by atomic mass is 79.9. The Morgan fingerprint density at radius 3 is 2.71 bits per heavy atom. The summed E-state index contributed by atoms with van der Waals surface area (Å²) in [4.78, 5) is 12.5. The van der Waals surface area contributed by atoms with Gasteiger partial charge < -0.3 is 10.1 Å². The third kappa shape index (κ3) is 4.15. The first-order valence-electron chi connectivity index (χ1n) is 9.23. The van der Waals surface area contributed by atoms with Crippen LogP contribution >= 0.6 is 15.9 Å². The fourth-order valence-electron chi connectivity index (χ4n) is 3.23. The molecule has 0 saturated carbocycles. The van der Waals surface area contributed by atoms with Crippen LogP contribution in [0.5, 0.6) is 0 Å². The van der Waals surface area contributed by atoms with Gasteiger partial charge in [-0.25, -0.2) is 4.68 Å². The van der Waals surface area contributed by atoms with E-state index in [2.05, 4.69) is 62.7 Å². The quantitative estimate of drug-likeness (QED) is 0.657. The van der Waals surface area contributed by atoms with E-state index in [0.29, 0.717) is 25.4 Å². The Bertz CT molecular complexity index is 967. The fourth-order valence-corrected chi connectivity index (χ4v) is 3.49. The monoisotopic (exact) mass is 440 g/mol. The van der Waals surface area contributed by atoms with Gasteiger partial charge in [0.1, 0.15) is 6.10 Å². The minimum atomic E-state index is -0.209. The number of carbonyl (C=O) groups excluding carboxylic acids is 1. The lowest BCUT2D eigenvalue weighted by molar-refractivity contribution is -0.00177. The average molecular weight is 441 g/mol. The van der Waals surface area contributed by atoms with Gasteiger partial charge in [0, 0.05) is 11.0 Å². The Labute approximate surface area is 172 Å². The van der Waals surface area contributed by atoms with Gasteiger partial charge in [0.2, 0.25) is 0 Å². The van der Waals surface area contributed by atoms with Gasteiger partial charge in [-0.1, -0.05) is 63.1 Å². The van der Waals surface area contributed by atoms with E-state index in [9.17, 15) is 4.79 Å². The summed E-state index contributed by atoms with van der Waals surface area (Å²) in [5.74, 6) is -0.209. The SMILES string of the molecule is Cc1ccc(CCNC(=O)c2nnn3c2CO[C@H](c2ccc(Br)cc2)C3)cc1. The van der Waals surface area contributed by atoms with Crippen molar-refractivity contribution in [2.24, 2.45) is 0 Å². The van der Waals surface area contributed by atoms with Crippen molar-refractivity contribution < 1.29 is 9.53 Å². The maximum Gasteiger partial charge on any atom is 0.273 e. The average Bonchev–Trinajstić information content (AvgIpc) is 3.13. The van der Waals surface area contributed by atoms with Crippen molar-refractivity contribution in [1.82, 2.24) is 20.3 Å². The van der Waals surface area contributed by atoms with Gasteiger partial charge in [-0.15, -0.1) is 5.10 Å². The van der Waals surface area contributed by atoms with E-state index >= 15 is 0 Å². The predicted octanol–water partition coefficient (Wildman–Crippen LogP) is 3.59. The first-order chi connectivity index (χ1) is 13.6. The molecular formula is C21H21BrN4O2. The zero-order valence-corrected chi connectivity index (χ0v) is 17.1. The van der Waals surface area contributed by atoms with Crippen molar-refractivity contribution >= 4 is 21.8 Å². The number of aryl methyl sites for hydroxylation is 1. The predicted molar refractivity (Wildman–Crippen MR) is 109 cm³/mol. The molecule has 4 rings (SSSR count). The number of fused-ring (bicyclic) bond motifs is 1. The van der Waals surface area contributed by atoms with Gasteiger partial charge >= 0.3 is 0 Å². The minimum absolute atomic E-state index is 0.0975. The van der Waals surface area contributed by atoms with Crippen LogP contribution in [0.25, 0.3) is 0 Å². The van der Waals surface area contributed by atoms with E-state index in [1.807, 2.05) is 24.3 Å². The summed E-state index contributed by atoms with van der Waals surface area (Å²) < 4.78 is 8.76. The fraction of sp³-hybridized carbons (Fsp3) is 0.286. The third-order valence-electron chi connectivity index (χ3n) is 4.87. The Balaban J connectivity index is 1.37. The van der Waals surface area contributed by atoms with Crippen LogP contribution in [-0.4, -0.2) is 27.4 Å². The van der Waals surface area contributed by atoms with E-state index in [0.717, 1.165) is 22.2 Å². The minimum Gasteiger partial charge on any atom is -0.365 e.